The minimum Gasteiger partial charge on any atom is -0.497 e. The molecule has 98 valence electrons. The van der Waals surface area contributed by atoms with Crippen LogP contribution in [0.2, 0.25) is 0 Å². The molecule has 1 heterocycles. The summed E-state index contributed by atoms with van der Waals surface area (Å²) in [5, 5.41) is 0. The van der Waals surface area contributed by atoms with Gasteiger partial charge >= 0.3 is 0 Å². The van der Waals surface area contributed by atoms with Gasteiger partial charge in [0.05, 0.1) is 7.11 Å². The number of amides is 1. The molecule has 1 atom stereocenters. The zero-order valence-corrected chi connectivity index (χ0v) is 11.3. The normalized spacial score (nSPS) is 19.0. The quantitative estimate of drug-likeness (QED) is 0.785. The maximum absolute atomic E-state index is 12.3. The Balaban J connectivity index is 2.03. The van der Waals surface area contributed by atoms with Crippen LogP contribution in [0.3, 0.4) is 0 Å². The number of methoxy groups -OCH3 is 1. The molecule has 1 fully saturated rings. The summed E-state index contributed by atoms with van der Waals surface area (Å²) in [6.07, 6.45) is 2.05. The molecule has 0 saturated carbocycles. The smallest absolute Gasteiger partial charge is 0.253 e. The highest BCUT2D eigenvalue weighted by Crippen LogP contribution is 2.23. The van der Waals surface area contributed by atoms with Crippen LogP contribution in [-0.2, 0) is 0 Å². The highest BCUT2D eigenvalue weighted by molar-refractivity contribution is 6.17. The van der Waals surface area contributed by atoms with Crippen molar-refractivity contribution >= 4 is 17.5 Å². The van der Waals surface area contributed by atoms with E-state index in [9.17, 15) is 4.79 Å². The molecule has 1 saturated heterocycles. The molecule has 3 nitrogen and oxygen atoms in total. The number of carbonyl (C=O) groups is 1. The minimum atomic E-state index is 0.0889. The summed E-state index contributed by atoms with van der Waals surface area (Å²) < 4.78 is 5.14. The van der Waals surface area contributed by atoms with Crippen LogP contribution in [0.25, 0.3) is 0 Å². The Bertz CT molecular complexity index is 422. The summed E-state index contributed by atoms with van der Waals surface area (Å²) in [5.41, 5.74) is 0.695. The Morgan fingerprint density at radius 1 is 1.56 bits per heavy atom. The van der Waals surface area contributed by atoms with Crippen LogP contribution < -0.4 is 4.74 Å². The highest BCUT2D eigenvalue weighted by atomic mass is 35.5. The predicted molar refractivity (Wildman–Crippen MR) is 72.3 cm³/mol. The largest absolute Gasteiger partial charge is 0.497 e. The number of alkyl halides is 1. The fraction of sp³-hybridized carbons (Fsp3) is 0.500. The van der Waals surface area contributed by atoms with Gasteiger partial charge in [-0.15, -0.1) is 11.6 Å². The molecule has 1 aliphatic rings. The summed E-state index contributed by atoms with van der Waals surface area (Å²) in [5.74, 6) is 2.03. The van der Waals surface area contributed by atoms with Crippen molar-refractivity contribution in [1.29, 1.82) is 0 Å². The first-order valence-corrected chi connectivity index (χ1v) is 6.77. The van der Waals surface area contributed by atoms with Gasteiger partial charge in [-0.1, -0.05) is 6.07 Å². The number of ether oxygens (including phenoxy) is 1. The number of carbonyl (C=O) groups excluding carboxylic acids is 1. The van der Waals surface area contributed by atoms with Crippen molar-refractivity contribution in [2.24, 2.45) is 5.92 Å². The van der Waals surface area contributed by atoms with E-state index in [-0.39, 0.29) is 5.91 Å². The van der Waals surface area contributed by atoms with Crippen molar-refractivity contribution in [3.8, 4) is 5.75 Å². The first kappa shape index (κ1) is 13.2. The maximum Gasteiger partial charge on any atom is 0.253 e. The molecule has 2 rings (SSSR count). The lowest BCUT2D eigenvalue weighted by Gasteiger charge is -2.16. The Morgan fingerprint density at radius 3 is 3.11 bits per heavy atom. The van der Waals surface area contributed by atoms with Gasteiger partial charge in [-0.25, -0.2) is 0 Å². The van der Waals surface area contributed by atoms with Gasteiger partial charge in [-0.2, -0.15) is 0 Å². The van der Waals surface area contributed by atoms with Crippen molar-refractivity contribution in [1.82, 2.24) is 4.90 Å². The van der Waals surface area contributed by atoms with E-state index in [0.717, 1.165) is 31.7 Å². The topological polar surface area (TPSA) is 29.5 Å². The van der Waals surface area contributed by atoms with E-state index < -0.39 is 0 Å². The van der Waals surface area contributed by atoms with Gasteiger partial charge in [-0.05, 0) is 37.0 Å². The van der Waals surface area contributed by atoms with Gasteiger partial charge in [-0.3, -0.25) is 4.79 Å². The molecule has 1 amide bonds. The van der Waals surface area contributed by atoms with Gasteiger partial charge in [0.2, 0.25) is 0 Å². The van der Waals surface area contributed by atoms with Crippen LogP contribution in [0.5, 0.6) is 5.75 Å². The van der Waals surface area contributed by atoms with Gasteiger partial charge in [0.25, 0.3) is 5.91 Å². The first-order valence-electron chi connectivity index (χ1n) is 6.24. The second kappa shape index (κ2) is 6.10. The zero-order valence-electron chi connectivity index (χ0n) is 10.6. The molecule has 0 radical (unpaired) electrons. The average Bonchev–Trinajstić information content (AvgIpc) is 2.87. The molecule has 18 heavy (non-hydrogen) atoms. The van der Waals surface area contributed by atoms with Crippen LogP contribution >= 0.6 is 11.6 Å². The number of rotatable bonds is 4. The standard InChI is InChI=1S/C14H18ClNO2/c1-18-13-4-2-3-12(9-13)14(17)16-8-6-11(10-16)5-7-15/h2-4,9,11H,5-8,10H2,1H3. The monoisotopic (exact) mass is 267 g/mol. The first-order chi connectivity index (χ1) is 8.74. The third-order valence-electron chi connectivity index (χ3n) is 3.41. The molecule has 1 aliphatic heterocycles. The molecule has 0 spiro atoms. The molecule has 0 aliphatic carbocycles. The molecule has 1 aromatic rings. The molecular weight excluding hydrogens is 250 g/mol. The number of likely N-dealkylation sites (tertiary alicyclic amines) is 1. The summed E-state index contributed by atoms with van der Waals surface area (Å²) in [4.78, 5) is 14.2. The van der Waals surface area contributed by atoms with Crippen molar-refractivity contribution in [2.45, 2.75) is 12.8 Å². The van der Waals surface area contributed by atoms with E-state index in [1.807, 2.05) is 23.1 Å². The summed E-state index contributed by atoms with van der Waals surface area (Å²) >= 11 is 5.75. The second-order valence-corrected chi connectivity index (χ2v) is 4.99. The third-order valence-corrected chi connectivity index (χ3v) is 3.63. The lowest BCUT2D eigenvalue weighted by Crippen LogP contribution is -2.28. The highest BCUT2D eigenvalue weighted by Gasteiger charge is 2.26. The Labute approximate surface area is 113 Å². The maximum atomic E-state index is 12.3. The summed E-state index contributed by atoms with van der Waals surface area (Å²) in [7, 11) is 1.61. The number of hydrogen-bond acceptors (Lipinski definition) is 2. The number of hydrogen-bond donors (Lipinski definition) is 0. The van der Waals surface area contributed by atoms with Crippen LogP contribution in [0, 0.1) is 5.92 Å². The molecule has 0 N–H and O–H groups in total. The van der Waals surface area contributed by atoms with Crippen LogP contribution in [-0.4, -0.2) is 36.9 Å². The molecule has 1 aromatic carbocycles. The Hall–Kier alpha value is -1.22. The lowest BCUT2D eigenvalue weighted by molar-refractivity contribution is 0.0786. The second-order valence-electron chi connectivity index (χ2n) is 4.62. The van der Waals surface area contributed by atoms with Crippen LogP contribution in [0.1, 0.15) is 23.2 Å². The van der Waals surface area contributed by atoms with Gasteiger partial charge in [0, 0.05) is 24.5 Å². The Morgan fingerprint density at radius 2 is 2.39 bits per heavy atom. The number of nitrogens with zero attached hydrogens (tertiary/aromatic N) is 1. The summed E-state index contributed by atoms with van der Waals surface area (Å²) in [6, 6.07) is 7.31. The molecule has 0 bridgehead atoms. The van der Waals surface area contributed by atoms with Crippen molar-refractivity contribution in [3.05, 3.63) is 29.8 Å². The van der Waals surface area contributed by atoms with Crippen molar-refractivity contribution in [3.63, 3.8) is 0 Å². The lowest BCUT2D eigenvalue weighted by atomic mass is 10.1. The van der Waals surface area contributed by atoms with Gasteiger partial charge < -0.3 is 9.64 Å². The van der Waals surface area contributed by atoms with E-state index in [2.05, 4.69) is 0 Å². The number of halogens is 1. The molecule has 4 heteroatoms. The van der Waals surface area contributed by atoms with Crippen molar-refractivity contribution < 1.29 is 9.53 Å². The molecular formula is C14H18ClNO2. The third kappa shape index (κ3) is 2.96. The molecule has 1 unspecified atom stereocenters. The van der Waals surface area contributed by atoms with Gasteiger partial charge in [0.15, 0.2) is 0 Å². The fourth-order valence-electron chi connectivity index (χ4n) is 2.35. The van der Waals surface area contributed by atoms with E-state index in [1.54, 1.807) is 13.2 Å². The van der Waals surface area contributed by atoms with E-state index in [4.69, 9.17) is 16.3 Å². The predicted octanol–water partition coefficient (Wildman–Crippen LogP) is 2.79. The summed E-state index contributed by atoms with van der Waals surface area (Å²) in [6.45, 7) is 1.65. The van der Waals surface area contributed by atoms with E-state index in [0.29, 0.717) is 17.4 Å². The van der Waals surface area contributed by atoms with E-state index >= 15 is 0 Å². The SMILES string of the molecule is COc1cccc(C(=O)N2CCC(CCCl)C2)c1. The average molecular weight is 268 g/mol. The Kier molecular flexibility index (Phi) is 4.48. The number of benzene rings is 1. The minimum absolute atomic E-state index is 0.0889. The van der Waals surface area contributed by atoms with Crippen LogP contribution in [0.15, 0.2) is 24.3 Å². The van der Waals surface area contributed by atoms with E-state index in [1.165, 1.54) is 0 Å². The van der Waals surface area contributed by atoms with Crippen molar-refractivity contribution in [2.75, 3.05) is 26.1 Å². The fourth-order valence-corrected chi connectivity index (χ4v) is 2.65. The van der Waals surface area contributed by atoms with Gasteiger partial charge in [0.1, 0.15) is 5.75 Å². The van der Waals surface area contributed by atoms with Crippen LogP contribution in [0.4, 0.5) is 0 Å². The molecule has 0 aromatic heterocycles. The zero-order chi connectivity index (χ0) is 13.0.